The zero-order valence-electron chi connectivity index (χ0n) is 16.5. The number of fused-ring (bicyclic) bond motifs is 1. The maximum absolute atomic E-state index is 12.8. The number of aromatic amines is 1. The van der Waals surface area contributed by atoms with Gasteiger partial charge >= 0.3 is 12.4 Å². The van der Waals surface area contributed by atoms with Crippen molar-refractivity contribution in [1.82, 2.24) is 10.3 Å². The molecule has 1 aliphatic rings. The molecule has 1 atom stereocenters. The molecular formula is C20H19F2N5O4. The Kier molecular flexibility index (Phi) is 5.11. The molecule has 0 fully saturated rings. The molecule has 11 heteroatoms. The highest BCUT2D eigenvalue weighted by atomic mass is 19.3. The molecule has 2 heterocycles. The molecule has 0 saturated carbocycles. The summed E-state index contributed by atoms with van der Waals surface area (Å²) in [6.45, 7) is -1.21. The number of hydrogen-bond acceptors (Lipinski definition) is 8. The molecule has 0 aliphatic carbocycles. The smallest absolute Gasteiger partial charge is 0.417 e. The standard InChI is InChI=1S/C20H19F2N5O4/c1-10-9-24-20(23,11-3-5-15(29-2)16(7-11)30-18(21)22)27-17(10)25-12-4-6-14-13(8-12)26-19(28)31-14/h3-9,18,24H,23H2,1-2H3,(H,25,27)(H,26,28). The van der Waals surface area contributed by atoms with E-state index in [0.717, 1.165) is 5.57 Å². The van der Waals surface area contributed by atoms with Gasteiger partial charge in [0, 0.05) is 23.0 Å². The number of amidine groups is 1. The lowest BCUT2D eigenvalue weighted by Gasteiger charge is -2.32. The Balaban J connectivity index is 1.67. The molecule has 0 spiro atoms. The zero-order valence-corrected chi connectivity index (χ0v) is 16.5. The number of anilines is 1. The third-order valence-corrected chi connectivity index (χ3v) is 4.67. The summed E-state index contributed by atoms with van der Waals surface area (Å²) < 4.78 is 40.1. The van der Waals surface area contributed by atoms with Crippen LogP contribution in [0.2, 0.25) is 0 Å². The third kappa shape index (κ3) is 4.08. The fourth-order valence-corrected chi connectivity index (χ4v) is 3.13. The maximum atomic E-state index is 12.8. The largest absolute Gasteiger partial charge is 0.493 e. The lowest BCUT2D eigenvalue weighted by molar-refractivity contribution is -0.0513. The SMILES string of the molecule is COc1ccc(C2(N)N=C(Nc3ccc4oc(=O)[nH]c4c3)C(C)=CN2)cc1OC(F)F. The molecule has 1 unspecified atom stereocenters. The number of nitrogens with zero attached hydrogens (tertiary/aromatic N) is 1. The van der Waals surface area contributed by atoms with Crippen LogP contribution in [0.5, 0.6) is 11.5 Å². The second kappa shape index (κ2) is 7.76. The van der Waals surface area contributed by atoms with E-state index < -0.39 is 18.2 Å². The summed E-state index contributed by atoms with van der Waals surface area (Å²) in [7, 11) is 1.35. The highest BCUT2D eigenvalue weighted by Gasteiger charge is 2.31. The van der Waals surface area contributed by atoms with E-state index in [1.165, 1.54) is 19.2 Å². The first kappa shape index (κ1) is 20.4. The van der Waals surface area contributed by atoms with Gasteiger partial charge in [-0.05, 0) is 43.3 Å². The van der Waals surface area contributed by atoms with Crippen molar-refractivity contribution in [2.45, 2.75) is 19.3 Å². The van der Waals surface area contributed by atoms with Gasteiger partial charge in [0.1, 0.15) is 5.84 Å². The number of hydrogen-bond donors (Lipinski definition) is 4. The Bertz CT molecular complexity index is 1250. The summed E-state index contributed by atoms with van der Waals surface area (Å²) in [6, 6.07) is 9.47. The second-order valence-corrected chi connectivity index (χ2v) is 6.79. The highest BCUT2D eigenvalue weighted by Crippen LogP contribution is 2.33. The first-order valence-corrected chi connectivity index (χ1v) is 9.14. The maximum Gasteiger partial charge on any atom is 0.417 e. The van der Waals surface area contributed by atoms with Crippen molar-refractivity contribution in [1.29, 1.82) is 0 Å². The highest BCUT2D eigenvalue weighted by molar-refractivity contribution is 6.08. The van der Waals surface area contributed by atoms with E-state index in [1.54, 1.807) is 30.5 Å². The molecule has 0 amide bonds. The van der Waals surface area contributed by atoms with E-state index in [9.17, 15) is 13.6 Å². The minimum Gasteiger partial charge on any atom is -0.493 e. The van der Waals surface area contributed by atoms with Gasteiger partial charge in [0.05, 0.1) is 12.6 Å². The molecule has 0 bridgehead atoms. The Hall–Kier alpha value is -3.86. The van der Waals surface area contributed by atoms with Crippen molar-refractivity contribution in [2.75, 3.05) is 12.4 Å². The molecule has 2 aromatic carbocycles. The Morgan fingerprint density at radius 1 is 1.23 bits per heavy atom. The molecule has 9 nitrogen and oxygen atoms in total. The fourth-order valence-electron chi connectivity index (χ4n) is 3.13. The number of oxazole rings is 1. The van der Waals surface area contributed by atoms with Crippen LogP contribution in [0.25, 0.3) is 11.1 Å². The number of rotatable bonds is 5. The Labute approximate surface area is 174 Å². The van der Waals surface area contributed by atoms with Crippen molar-refractivity contribution in [3.05, 3.63) is 64.3 Å². The second-order valence-electron chi connectivity index (χ2n) is 6.79. The van der Waals surface area contributed by atoms with E-state index in [-0.39, 0.29) is 11.5 Å². The van der Waals surface area contributed by atoms with Crippen LogP contribution in [0.4, 0.5) is 14.5 Å². The normalized spacial score (nSPS) is 18.4. The molecular weight excluding hydrogens is 412 g/mol. The topological polar surface area (TPSA) is 127 Å². The van der Waals surface area contributed by atoms with Crippen molar-refractivity contribution >= 4 is 22.6 Å². The van der Waals surface area contributed by atoms with Crippen LogP contribution in [0.3, 0.4) is 0 Å². The van der Waals surface area contributed by atoms with Crippen LogP contribution in [0.15, 0.2) is 62.4 Å². The van der Waals surface area contributed by atoms with Gasteiger partial charge in [0.2, 0.25) is 5.79 Å². The van der Waals surface area contributed by atoms with Crippen LogP contribution >= 0.6 is 0 Å². The number of nitrogens with one attached hydrogen (secondary N) is 3. The summed E-state index contributed by atoms with van der Waals surface area (Å²) in [6.07, 6.45) is 1.66. The lowest BCUT2D eigenvalue weighted by Crippen LogP contribution is -2.50. The Morgan fingerprint density at radius 3 is 2.77 bits per heavy atom. The zero-order chi connectivity index (χ0) is 22.2. The van der Waals surface area contributed by atoms with Gasteiger partial charge in [0.15, 0.2) is 17.1 Å². The van der Waals surface area contributed by atoms with Crippen molar-refractivity contribution in [3.8, 4) is 11.5 Å². The summed E-state index contributed by atoms with van der Waals surface area (Å²) in [5.74, 6) is -1.59. The first-order chi connectivity index (χ1) is 14.8. The average molecular weight is 431 g/mol. The van der Waals surface area contributed by atoms with Gasteiger partial charge in [0.25, 0.3) is 0 Å². The van der Waals surface area contributed by atoms with Gasteiger partial charge in [-0.15, -0.1) is 0 Å². The van der Waals surface area contributed by atoms with Gasteiger partial charge in [-0.1, -0.05) is 0 Å². The number of aliphatic imine (C=N–C) groups is 1. The van der Waals surface area contributed by atoms with E-state index in [4.69, 9.17) is 14.9 Å². The Morgan fingerprint density at radius 2 is 2.03 bits per heavy atom. The number of ether oxygens (including phenoxy) is 2. The molecule has 1 aromatic heterocycles. The van der Waals surface area contributed by atoms with Gasteiger partial charge < -0.3 is 24.5 Å². The van der Waals surface area contributed by atoms with Crippen molar-refractivity contribution in [2.24, 2.45) is 10.7 Å². The predicted octanol–water partition coefficient (Wildman–Crippen LogP) is 2.82. The number of nitrogens with two attached hydrogens (primary N) is 1. The first-order valence-electron chi connectivity index (χ1n) is 9.14. The van der Waals surface area contributed by atoms with Crippen molar-refractivity contribution in [3.63, 3.8) is 0 Å². The predicted molar refractivity (Wildman–Crippen MR) is 110 cm³/mol. The van der Waals surface area contributed by atoms with E-state index in [0.29, 0.717) is 28.2 Å². The number of halogens is 2. The summed E-state index contributed by atoms with van der Waals surface area (Å²) in [4.78, 5) is 18.5. The van der Waals surface area contributed by atoms with Gasteiger partial charge in [-0.3, -0.25) is 10.7 Å². The third-order valence-electron chi connectivity index (χ3n) is 4.67. The summed E-state index contributed by atoms with van der Waals surface area (Å²) in [5.41, 5.74) is 9.15. The fraction of sp³-hybridized carbons (Fsp3) is 0.200. The molecule has 0 radical (unpaired) electrons. The summed E-state index contributed by atoms with van der Waals surface area (Å²) in [5, 5.41) is 6.12. The molecule has 0 saturated heterocycles. The quantitative estimate of drug-likeness (QED) is 0.489. The van der Waals surface area contributed by atoms with E-state index in [2.05, 4.69) is 25.3 Å². The molecule has 5 N–H and O–H groups in total. The molecule has 31 heavy (non-hydrogen) atoms. The number of methoxy groups -OCH3 is 1. The van der Waals surface area contributed by atoms with E-state index in [1.807, 2.05) is 6.92 Å². The molecule has 3 aromatic rings. The molecule has 4 rings (SSSR count). The minimum absolute atomic E-state index is 0.139. The number of H-pyrrole nitrogens is 1. The van der Waals surface area contributed by atoms with E-state index >= 15 is 0 Å². The molecule has 162 valence electrons. The number of benzene rings is 2. The van der Waals surface area contributed by atoms with Crippen molar-refractivity contribution < 1.29 is 22.7 Å². The van der Waals surface area contributed by atoms with Gasteiger partial charge in [-0.25, -0.2) is 9.79 Å². The average Bonchev–Trinajstić information content (AvgIpc) is 3.09. The number of aromatic nitrogens is 1. The minimum atomic E-state index is -3.02. The van der Waals surface area contributed by atoms with Crippen LogP contribution in [0, 0.1) is 0 Å². The van der Waals surface area contributed by atoms with Crippen LogP contribution < -0.4 is 31.6 Å². The number of alkyl halides is 2. The lowest BCUT2D eigenvalue weighted by atomic mass is 10.1. The summed E-state index contributed by atoms with van der Waals surface area (Å²) >= 11 is 0. The van der Waals surface area contributed by atoms with Crippen LogP contribution in [-0.4, -0.2) is 24.5 Å². The van der Waals surface area contributed by atoms with Crippen LogP contribution in [0.1, 0.15) is 12.5 Å². The molecule has 1 aliphatic heterocycles. The van der Waals surface area contributed by atoms with Gasteiger partial charge in [-0.2, -0.15) is 8.78 Å². The van der Waals surface area contributed by atoms with Crippen LogP contribution in [-0.2, 0) is 5.79 Å². The monoisotopic (exact) mass is 431 g/mol.